The van der Waals surface area contributed by atoms with Gasteiger partial charge in [-0.15, -0.1) is 0 Å². The van der Waals surface area contributed by atoms with Crippen LogP contribution in [0.4, 0.5) is 11.6 Å². The smallest absolute Gasteiger partial charge is 0.134 e. The maximum absolute atomic E-state index is 5.88. The molecule has 122 valence electrons. The van der Waals surface area contributed by atoms with Crippen molar-refractivity contribution in [2.24, 2.45) is 0 Å². The Labute approximate surface area is 137 Å². The normalized spacial score (nSPS) is 19.5. The van der Waals surface area contributed by atoms with Crippen molar-refractivity contribution in [2.45, 2.75) is 38.2 Å². The third-order valence-corrected chi connectivity index (χ3v) is 5.21. The van der Waals surface area contributed by atoms with Crippen LogP contribution in [0.5, 0.6) is 0 Å². The summed E-state index contributed by atoms with van der Waals surface area (Å²) in [6.07, 6.45) is 8.37. The second kappa shape index (κ2) is 8.58. The van der Waals surface area contributed by atoms with Gasteiger partial charge in [0, 0.05) is 43.8 Å². The Kier molecular flexibility index (Phi) is 6.19. The number of nitrogens with zero attached hydrogens (tertiary/aromatic N) is 3. The lowest BCUT2D eigenvalue weighted by molar-refractivity contribution is 0.0583. The van der Waals surface area contributed by atoms with Crippen LogP contribution in [0, 0.1) is 0 Å². The van der Waals surface area contributed by atoms with Crippen LogP contribution in [0.1, 0.15) is 32.1 Å². The monoisotopic (exact) mass is 322 g/mol. The molecule has 1 saturated carbocycles. The van der Waals surface area contributed by atoms with Crippen molar-refractivity contribution < 1.29 is 4.74 Å². The van der Waals surface area contributed by atoms with Crippen molar-refractivity contribution in [1.29, 1.82) is 0 Å². The highest BCUT2D eigenvalue weighted by Gasteiger charge is 2.15. The number of thioether (sulfide) groups is 1. The molecule has 0 aromatic carbocycles. The molecule has 3 rings (SSSR count). The summed E-state index contributed by atoms with van der Waals surface area (Å²) >= 11 is 2.01. The van der Waals surface area contributed by atoms with Crippen molar-refractivity contribution in [1.82, 2.24) is 9.97 Å². The van der Waals surface area contributed by atoms with Crippen LogP contribution < -0.4 is 10.2 Å². The quantitative estimate of drug-likeness (QED) is 0.779. The Morgan fingerprint density at radius 3 is 2.86 bits per heavy atom. The van der Waals surface area contributed by atoms with Gasteiger partial charge in [0.1, 0.15) is 18.0 Å². The average molecular weight is 322 g/mol. The molecule has 2 aliphatic rings. The molecule has 5 nitrogen and oxygen atoms in total. The van der Waals surface area contributed by atoms with Crippen LogP contribution in [0.3, 0.4) is 0 Å². The van der Waals surface area contributed by atoms with Gasteiger partial charge >= 0.3 is 0 Å². The molecule has 1 aromatic rings. The van der Waals surface area contributed by atoms with Gasteiger partial charge in [-0.05, 0) is 19.3 Å². The summed E-state index contributed by atoms with van der Waals surface area (Å²) in [5, 5.41) is 3.39. The van der Waals surface area contributed by atoms with Gasteiger partial charge in [-0.3, -0.25) is 0 Å². The number of rotatable bonds is 7. The molecule has 1 N–H and O–H groups in total. The number of aromatic nitrogens is 2. The van der Waals surface area contributed by atoms with Gasteiger partial charge in [0.25, 0.3) is 0 Å². The van der Waals surface area contributed by atoms with Crippen molar-refractivity contribution in [3.05, 3.63) is 12.4 Å². The van der Waals surface area contributed by atoms with E-state index < -0.39 is 0 Å². The summed E-state index contributed by atoms with van der Waals surface area (Å²) in [7, 11) is 0. The van der Waals surface area contributed by atoms with E-state index in [1.165, 1.54) is 37.2 Å². The number of nitrogens with one attached hydrogen (secondary N) is 1. The van der Waals surface area contributed by atoms with Gasteiger partial charge in [-0.1, -0.05) is 12.8 Å². The standard InChI is InChI=1S/C16H26N4OS/c1-2-5-14(4-1)21-9-3-6-17-15-12-16(19-13-18-15)20-7-10-22-11-8-20/h12-14H,1-11H2,(H,17,18,19). The molecule has 1 saturated heterocycles. The minimum Gasteiger partial charge on any atom is -0.378 e. The van der Waals surface area contributed by atoms with Crippen molar-refractivity contribution >= 4 is 23.4 Å². The number of hydrogen-bond acceptors (Lipinski definition) is 6. The van der Waals surface area contributed by atoms with Crippen LogP contribution in [-0.2, 0) is 4.74 Å². The Bertz CT molecular complexity index is 448. The van der Waals surface area contributed by atoms with Gasteiger partial charge in [0.2, 0.25) is 0 Å². The van der Waals surface area contributed by atoms with E-state index in [0.29, 0.717) is 6.10 Å². The van der Waals surface area contributed by atoms with Crippen LogP contribution in [0.25, 0.3) is 0 Å². The van der Waals surface area contributed by atoms with E-state index in [0.717, 1.165) is 44.3 Å². The van der Waals surface area contributed by atoms with Gasteiger partial charge in [-0.25, -0.2) is 9.97 Å². The zero-order valence-electron chi connectivity index (χ0n) is 13.2. The summed E-state index contributed by atoms with van der Waals surface area (Å²) in [4.78, 5) is 11.1. The molecule has 1 aromatic heterocycles. The lowest BCUT2D eigenvalue weighted by Gasteiger charge is -2.27. The molecule has 0 bridgehead atoms. The highest BCUT2D eigenvalue weighted by atomic mass is 32.2. The van der Waals surface area contributed by atoms with Gasteiger partial charge in [0.15, 0.2) is 0 Å². The van der Waals surface area contributed by atoms with Gasteiger partial charge in [0.05, 0.1) is 6.10 Å². The fourth-order valence-electron chi connectivity index (χ4n) is 3.00. The summed E-state index contributed by atoms with van der Waals surface area (Å²) in [5.41, 5.74) is 0. The minimum atomic E-state index is 0.516. The van der Waals surface area contributed by atoms with Gasteiger partial charge < -0.3 is 15.0 Å². The Hall–Kier alpha value is -1.01. The summed E-state index contributed by atoms with van der Waals surface area (Å²) in [6.45, 7) is 3.91. The topological polar surface area (TPSA) is 50.3 Å². The summed E-state index contributed by atoms with van der Waals surface area (Å²) < 4.78 is 5.88. The highest BCUT2D eigenvalue weighted by Crippen LogP contribution is 2.21. The molecule has 2 heterocycles. The largest absolute Gasteiger partial charge is 0.378 e. The van der Waals surface area contributed by atoms with Crippen LogP contribution in [0.2, 0.25) is 0 Å². The van der Waals surface area contributed by atoms with E-state index in [9.17, 15) is 0 Å². The lowest BCUT2D eigenvalue weighted by atomic mass is 10.3. The SMILES string of the molecule is c1nc(NCCCOC2CCCC2)cc(N2CCSCC2)n1. The third-order valence-electron chi connectivity index (χ3n) is 4.27. The molecular weight excluding hydrogens is 296 g/mol. The molecule has 1 aliphatic heterocycles. The predicted molar refractivity (Wildman–Crippen MR) is 92.9 cm³/mol. The Balaban J connectivity index is 1.38. The van der Waals surface area contributed by atoms with Crippen LogP contribution >= 0.6 is 11.8 Å². The second-order valence-electron chi connectivity index (χ2n) is 5.92. The zero-order chi connectivity index (χ0) is 15.0. The average Bonchev–Trinajstić information content (AvgIpc) is 3.09. The maximum Gasteiger partial charge on any atom is 0.134 e. The van der Waals surface area contributed by atoms with E-state index in [2.05, 4.69) is 26.3 Å². The van der Waals surface area contributed by atoms with E-state index in [1.807, 2.05) is 11.8 Å². The molecule has 0 spiro atoms. The molecule has 1 aliphatic carbocycles. The first-order valence-corrected chi connectivity index (χ1v) is 9.57. The van der Waals surface area contributed by atoms with E-state index in [4.69, 9.17) is 4.74 Å². The number of ether oxygens (including phenoxy) is 1. The van der Waals surface area contributed by atoms with Crippen molar-refractivity contribution in [2.75, 3.05) is 48.0 Å². The Morgan fingerprint density at radius 2 is 2.05 bits per heavy atom. The first-order valence-electron chi connectivity index (χ1n) is 8.42. The molecule has 6 heteroatoms. The Morgan fingerprint density at radius 1 is 1.23 bits per heavy atom. The molecular formula is C16H26N4OS. The lowest BCUT2D eigenvalue weighted by Crippen LogP contribution is -2.33. The van der Waals surface area contributed by atoms with Gasteiger partial charge in [-0.2, -0.15) is 11.8 Å². The van der Waals surface area contributed by atoms with E-state index in [1.54, 1.807) is 6.33 Å². The predicted octanol–water partition coefficient (Wildman–Crippen LogP) is 2.79. The zero-order valence-corrected chi connectivity index (χ0v) is 14.0. The molecule has 2 fully saturated rings. The molecule has 22 heavy (non-hydrogen) atoms. The minimum absolute atomic E-state index is 0.516. The van der Waals surface area contributed by atoms with Crippen molar-refractivity contribution in [3.8, 4) is 0 Å². The fraction of sp³-hybridized carbons (Fsp3) is 0.750. The second-order valence-corrected chi connectivity index (χ2v) is 7.14. The third kappa shape index (κ3) is 4.74. The van der Waals surface area contributed by atoms with E-state index in [-0.39, 0.29) is 0 Å². The van der Waals surface area contributed by atoms with Crippen molar-refractivity contribution in [3.63, 3.8) is 0 Å². The first kappa shape index (κ1) is 15.9. The maximum atomic E-state index is 5.88. The number of anilines is 2. The van der Waals surface area contributed by atoms with Crippen LogP contribution in [0.15, 0.2) is 12.4 Å². The van der Waals surface area contributed by atoms with Crippen LogP contribution in [-0.4, -0.2) is 53.8 Å². The molecule has 0 amide bonds. The summed E-state index contributed by atoms with van der Waals surface area (Å²) in [5.74, 6) is 4.33. The number of hydrogen-bond donors (Lipinski definition) is 1. The highest BCUT2D eigenvalue weighted by molar-refractivity contribution is 7.99. The van der Waals surface area contributed by atoms with E-state index >= 15 is 0 Å². The first-order chi connectivity index (χ1) is 10.9. The summed E-state index contributed by atoms with van der Waals surface area (Å²) in [6, 6.07) is 2.06. The fourth-order valence-corrected chi connectivity index (χ4v) is 3.91. The molecule has 0 unspecified atom stereocenters. The molecule has 0 radical (unpaired) electrons. The molecule has 0 atom stereocenters.